The summed E-state index contributed by atoms with van der Waals surface area (Å²) in [4.78, 5) is 24.4. The number of hydrogen-bond donors (Lipinski definition) is 1. The second kappa shape index (κ2) is 12.2. The van der Waals surface area contributed by atoms with E-state index in [9.17, 15) is 18.0 Å². The first kappa shape index (κ1) is 26.1. The molecule has 0 aliphatic rings. The fourth-order valence-electron chi connectivity index (χ4n) is 3.04. The standard InChI is InChI=1S/C24H30N2O6S/c1-5-26(6-2)33(29,30)20-14-12-18(4)21(16-20)25-23(27)17-32-24(28)15-13-19-10-8-9-11-22(19)31-7-3/h8-16H,5-7,17H2,1-4H3,(H,25,27)/b15-13+. The van der Waals surface area contributed by atoms with Gasteiger partial charge in [-0.2, -0.15) is 4.31 Å². The maximum atomic E-state index is 12.7. The molecule has 0 bridgehead atoms. The molecule has 0 aliphatic carbocycles. The van der Waals surface area contributed by atoms with Crippen LogP contribution in [0.5, 0.6) is 5.75 Å². The zero-order valence-electron chi connectivity index (χ0n) is 19.3. The van der Waals surface area contributed by atoms with Gasteiger partial charge >= 0.3 is 5.97 Å². The molecule has 0 aliphatic heterocycles. The average molecular weight is 475 g/mol. The van der Waals surface area contributed by atoms with Crippen molar-refractivity contribution in [3.8, 4) is 5.75 Å². The van der Waals surface area contributed by atoms with Crippen molar-refractivity contribution < 1.29 is 27.5 Å². The molecule has 2 aromatic rings. The Balaban J connectivity index is 2.02. The number of nitrogens with zero attached hydrogens (tertiary/aromatic N) is 1. The normalized spacial score (nSPS) is 11.5. The monoisotopic (exact) mass is 474 g/mol. The van der Waals surface area contributed by atoms with Gasteiger partial charge in [-0.05, 0) is 43.7 Å². The smallest absolute Gasteiger partial charge is 0.331 e. The Hall–Kier alpha value is -3.17. The van der Waals surface area contributed by atoms with Crippen LogP contribution in [0.25, 0.3) is 6.08 Å². The van der Waals surface area contributed by atoms with E-state index in [0.717, 1.165) is 0 Å². The number of amides is 1. The largest absolute Gasteiger partial charge is 0.493 e. The van der Waals surface area contributed by atoms with Crippen LogP contribution in [0.15, 0.2) is 53.4 Å². The van der Waals surface area contributed by atoms with Gasteiger partial charge in [0.15, 0.2) is 6.61 Å². The molecule has 0 atom stereocenters. The van der Waals surface area contributed by atoms with E-state index in [-0.39, 0.29) is 4.90 Å². The summed E-state index contributed by atoms with van der Waals surface area (Å²) in [6.07, 6.45) is 2.77. The number of hydrogen-bond acceptors (Lipinski definition) is 6. The number of sulfonamides is 1. The molecule has 33 heavy (non-hydrogen) atoms. The lowest BCUT2D eigenvalue weighted by Crippen LogP contribution is -2.30. The Morgan fingerprint density at radius 3 is 2.42 bits per heavy atom. The first-order chi connectivity index (χ1) is 15.7. The van der Waals surface area contributed by atoms with Gasteiger partial charge < -0.3 is 14.8 Å². The molecular formula is C24H30N2O6S. The Kier molecular flexibility index (Phi) is 9.62. The average Bonchev–Trinajstić information content (AvgIpc) is 2.79. The van der Waals surface area contributed by atoms with Crippen molar-refractivity contribution in [1.29, 1.82) is 0 Å². The topological polar surface area (TPSA) is 102 Å². The van der Waals surface area contributed by atoms with Crippen molar-refractivity contribution in [3.63, 3.8) is 0 Å². The maximum Gasteiger partial charge on any atom is 0.331 e. The summed E-state index contributed by atoms with van der Waals surface area (Å²) in [6, 6.07) is 11.8. The van der Waals surface area contributed by atoms with Gasteiger partial charge in [0.25, 0.3) is 5.91 Å². The van der Waals surface area contributed by atoms with Gasteiger partial charge in [0.05, 0.1) is 11.5 Å². The highest BCUT2D eigenvalue weighted by atomic mass is 32.2. The Labute approximate surface area is 195 Å². The lowest BCUT2D eigenvalue weighted by molar-refractivity contribution is -0.142. The second-order valence-corrected chi connectivity index (χ2v) is 8.96. The molecule has 2 aromatic carbocycles. The Bertz CT molecular complexity index is 1110. The molecule has 178 valence electrons. The summed E-state index contributed by atoms with van der Waals surface area (Å²) < 4.78 is 37.3. The quantitative estimate of drug-likeness (QED) is 0.394. The van der Waals surface area contributed by atoms with Gasteiger partial charge in [-0.25, -0.2) is 13.2 Å². The van der Waals surface area contributed by atoms with Crippen LogP contribution in [-0.4, -0.2) is 50.9 Å². The third-order valence-corrected chi connectivity index (χ3v) is 6.84. The molecule has 0 saturated heterocycles. The predicted octanol–water partition coefficient (Wildman–Crippen LogP) is 3.62. The van der Waals surface area contributed by atoms with E-state index in [1.807, 2.05) is 19.1 Å². The lowest BCUT2D eigenvalue weighted by atomic mass is 10.2. The molecule has 9 heteroatoms. The SMILES string of the molecule is CCOc1ccccc1/C=C/C(=O)OCC(=O)Nc1cc(S(=O)(=O)N(CC)CC)ccc1C. The number of carbonyl (C=O) groups is 2. The Morgan fingerprint density at radius 2 is 1.76 bits per heavy atom. The van der Waals surface area contributed by atoms with Gasteiger partial charge in [0.1, 0.15) is 5.75 Å². The summed E-state index contributed by atoms with van der Waals surface area (Å²) >= 11 is 0. The number of ether oxygens (including phenoxy) is 2. The van der Waals surface area contributed by atoms with E-state index in [0.29, 0.717) is 42.3 Å². The highest BCUT2D eigenvalue weighted by molar-refractivity contribution is 7.89. The van der Waals surface area contributed by atoms with Crippen LogP contribution < -0.4 is 10.1 Å². The second-order valence-electron chi connectivity index (χ2n) is 7.03. The molecule has 0 spiro atoms. The number of carbonyl (C=O) groups excluding carboxylic acids is 2. The number of para-hydroxylation sites is 1. The van der Waals surface area contributed by atoms with Crippen LogP contribution in [0, 0.1) is 6.92 Å². The van der Waals surface area contributed by atoms with Gasteiger partial charge in [0, 0.05) is 30.4 Å². The van der Waals surface area contributed by atoms with Crippen LogP contribution in [0.2, 0.25) is 0 Å². The van der Waals surface area contributed by atoms with Gasteiger partial charge in [0.2, 0.25) is 10.0 Å². The van der Waals surface area contributed by atoms with Crippen molar-refractivity contribution >= 4 is 33.7 Å². The summed E-state index contributed by atoms with van der Waals surface area (Å²) in [5.41, 5.74) is 1.73. The van der Waals surface area contributed by atoms with Crippen LogP contribution in [0.4, 0.5) is 5.69 Å². The van der Waals surface area contributed by atoms with E-state index in [1.165, 1.54) is 22.5 Å². The van der Waals surface area contributed by atoms with Crippen molar-refractivity contribution in [2.75, 3.05) is 31.6 Å². The first-order valence-corrected chi connectivity index (χ1v) is 12.1. The molecule has 0 saturated carbocycles. The molecule has 0 aromatic heterocycles. The van der Waals surface area contributed by atoms with E-state index in [1.54, 1.807) is 45.0 Å². The molecule has 1 N–H and O–H groups in total. The lowest BCUT2D eigenvalue weighted by Gasteiger charge is -2.19. The minimum atomic E-state index is -3.67. The summed E-state index contributed by atoms with van der Waals surface area (Å²) in [7, 11) is -3.67. The molecule has 0 radical (unpaired) electrons. The van der Waals surface area contributed by atoms with E-state index >= 15 is 0 Å². The number of rotatable bonds is 11. The molecule has 8 nitrogen and oxygen atoms in total. The van der Waals surface area contributed by atoms with Gasteiger partial charge in [-0.1, -0.05) is 38.1 Å². The molecule has 0 unspecified atom stereocenters. The number of anilines is 1. The third-order valence-electron chi connectivity index (χ3n) is 4.79. The van der Waals surface area contributed by atoms with Crippen LogP contribution in [0.1, 0.15) is 31.9 Å². The maximum absolute atomic E-state index is 12.7. The summed E-state index contributed by atoms with van der Waals surface area (Å²) in [6.45, 7) is 7.79. The van der Waals surface area contributed by atoms with Crippen LogP contribution in [0.3, 0.4) is 0 Å². The molecule has 2 rings (SSSR count). The van der Waals surface area contributed by atoms with Gasteiger partial charge in [-0.3, -0.25) is 4.79 Å². The highest BCUT2D eigenvalue weighted by Gasteiger charge is 2.22. The molecule has 1 amide bonds. The molecule has 0 fully saturated rings. The summed E-state index contributed by atoms with van der Waals surface area (Å²) in [5.74, 6) is -0.630. The minimum Gasteiger partial charge on any atom is -0.493 e. The van der Waals surface area contributed by atoms with E-state index < -0.39 is 28.5 Å². The van der Waals surface area contributed by atoms with Crippen molar-refractivity contribution in [2.24, 2.45) is 0 Å². The molecule has 0 heterocycles. The van der Waals surface area contributed by atoms with Crippen LogP contribution in [-0.2, 0) is 24.3 Å². The highest BCUT2D eigenvalue weighted by Crippen LogP contribution is 2.23. The third kappa shape index (κ3) is 7.16. The number of esters is 1. The van der Waals surface area contributed by atoms with E-state index in [2.05, 4.69) is 5.32 Å². The summed E-state index contributed by atoms with van der Waals surface area (Å²) in [5, 5.41) is 2.61. The van der Waals surface area contributed by atoms with Crippen LogP contribution >= 0.6 is 0 Å². The Morgan fingerprint density at radius 1 is 1.06 bits per heavy atom. The van der Waals surface area contributed by atoms with Crippen molar-refractivity contribution in [1.82, 2.24) is 4.31 Å². The zero-order chi connectivity index (χ0) is 24.4. The first-order valence-electron chi connectivity index (χ1n) is 10.7. The zero-order valence-corrected chi connectivity index (χ0v) is 20.1. The van der Waals surface area contributed by atoms with E-state index in [4.69, 9.17) is 9.47 Å². The van der Waals surface area contributed by atoms with Gasteiger partial charge in [-0.15, -0.1) is 0 Å². The number of nitrogens with one attached hydrogen (secondary N) is 1. The fraction of sp³-hybridized carbons (Fsp3) is 0.333. The van der Waals surface area contributed by atoms with Crippen molar-refractivity contribution in [3.05, 3.63) is 59.7 Å². The predicted molar refractivity (Wildman–Crippen MR) is 128 cm³/mol. The number of benzene rings is 2. The number of aryl methyl sites for hydroxylation is 1. The fourth-order valence-corrected chi connectivity index (χ4v) is 4.53. The molecular weight excluding hydrogens is 444 g/mol. The van der Waals surface area contributed by atoms with Crippen molar-refractivity contribution in [2.45, 2.75) is 32.6 Å². The minimum absolute atomic E-state index is 0.0833.